The van der Waals surface area contributed by atoms with Crippen LogP contribution in [0.25, 0.3) is 0 Å². The highest BCUT2D eigenvalue weighted by Gasteiger charge is 2.28. The van der Waals surface area contributed by atoms with Crippen LogP contribution in [0.3, 0.4) is 0 Å². The van der Waals surface area contributed by atoms with Crippen LogP contribution >= 0.6 is 0 Å². The van der Waals surface area contributed by atoms with E-state index in [4.69, 9.17) is 9.26 Å². The SMILES string of the molecule is CN1CCc2noc(C3COCCN3)c2C1. The van der Waals surface area contributed by atoms with Gasteiger partial charge in [-0.2, -0.15) is 0 Å². The minimum absolute atomic E-state index is 0.177. The van der Waals surface area contributed by atoms with Gasteiger partial charge in [-0.3, -0.25) is 0 Å². The van der Waals surface area contributed by atoms with Crippen LogP contribution in [0.5, 0.6) is 0 Å². The van der Waals surface area contributed by atoms with Crippen molar-refractivity contribution in [3.63, 3.8) is 0 Å². The summed E-state index contributed by atoms with van der Waals surface area (Å²) in [6.07, 6.45) is 0.989. The van der Waals surface area contributed by atoms with Crippen molar-refractivity contribution < 1.29 is 9.26 Å². The van der Waals surface area contributed by atoms with Gasteiger partial charge in [0.05, 0.1) is 24.9 Å². The Bertz CT molecular complexity index is 371. The maximum Gasteiger partial charge on any atom is 0.160 e. The standard InChI is InChI=1S/C11H17N3O2/c1-14-4-2-9-8(6-14)11(16-13-9)10-7-15-5-3-12-10/h10,12H,2-7H2,1H3. The molecule has 1 N–H and O–H groups in total. The molecule has 16 heavy (non-hydrogen) atoms. The zero-order chi connectivity index (χ0) is 11.0. The summed E-state index contributed by atoms with van der Waals surface area (Å²) in [4.78, 5) is 2.30. The molecule has 1 unspecified atom stereocenters. The van der Waals surface area contributed by atoms with Crippen LogP contribution in [0.1, 0.15) is 23.1 Å². The topological polar surface area (TPSA) is 50.5 Å². The Morgan fingerprint density at radius 1 is 1.50 bits per heavy atom. The van der Waals surface area contributed by atoms with Gasteiger partial charge in [0.1, 0.15) is 0 Å². The summed E-state index contributed by atoms with van der Waals surface area (Å²) in [7, 11) is 2.13. The molecule has 1 fully saturated rings. The second-order valence-electron chi connectivity index (χ2n) is 4.54. The van der Waals surface area contributed by atoms with Crippen LogP contribution in [-0.2, 0) is 17.7 Å². The van der Waals surface area contributed by atoms with E-state index < -0.39 is 0 Å². The molecule has 2 aliphatic heterocycles. The van der Waals surface area contributed by atoms with Crippen LogP contribution in [0.15, 0.2) is 4.52 Å². The van der Waals surface area contributed by atoms with E-state index in [9.17, 15) is 0 Å². The van der Waals surface area contributed by atoms with Gasteiger partial charge < -0.3 is 19.5 Å². The highest BCUT2D eigenvalue weighted by Crippen LogP contribution is 2.27. The molecule has 0 aromatic carbocycles. The Hall–Kier alpha value is -0.910. The van der Waals surface area contributed by atoms with Crippen LogP contribution in [0.4, 0.5) is 0 Å². The van der Waals surface area contributed by atoms with Crippen molar-refractivity contribution in [2.45, 2.75) is 19.0 Å². The molecule has 3 rings (SSSR count). The number of hydrogen-bond acceptors (Lipinski definition) is 5. The fourth-order valence-electron chi connectivity index (χ4n) is 2.38. The molecule has 0 spiro atoms. The van der Waals surface area contributed by atoms with E-state index in [0.717, 1.165) is 44.1 Å². The molecule has 2 aliphatic rings. The van der Waals surface area contributed by atoms with Crippen molar-refractivity contribution in [1.29, 1.82) is 0 Å². The number of likely N-dealkylation sites (N-methyl/N-ethyl adjacent to an activating group) is 1. The minimum atomic E-state index is 0.177. The number of ether oxygens (including phenoxy) is 1. The zero-order valence-electron chi connectivity index (χ0n) is 9.53. The molecule has 0 radical (unpaired) electrons. The van der Waals surface area contributed by atoms with E-state index in [1.807, 2.05) is 0 Å². The molecule has 5 heteroatoms. The monoisotopic (exact) mass is 223 g/mol. The molecule has 88 valence electrons. The maximum atomic E-state index is 5.49. The van der Waals surface area contributed by atoms with Crippen LogP contribution < -0.4 is 5.32 Å². The summed E-state index contributed by atoms with van der Waals surface area (Å²) in [6, 6.07) is 0.177. The van der Waals surface area contributed by atoms with Gasteiger partial charge in [0.25, 0.3) is 0 Å². The lowest BCUT2D eigenvalue weighted by molar-refractivity contribution is 0.0671. The van der Waals surface area contributed by atoms with Crippen molar-refractivity contribution in [2.75, 3.05) is 33.4 Å². The fraction of sp³-hybridized carbons (Fsp3) is 0.727. The van der Waals surface area contributed by atoms with E-state index in [1.165, 1.54) is 5.56 Å². The normalized spacial score (nSPS) is 26.7. The third-order valence-corrected chi connectivity index (χ3v) is 3.30. The second kappa shape index (κ2) is 4.16. The maximum absolute atomic E-state index is 5.49. The van der Waals surface area contributed by atoms with Crippen molar-refractivity contribution in [1.82, 2.24) is 15.4 Å². The van der Waals surface area contributed by atoms with Crippen molar-refractivity contribution in [3.05, 3.63) is 17.0 Å². The first-order valence-electron chi connectivity index (χ1n) is 5.81. The first kappa shape index (κ1) is 10.3. The Balaban J connectivity index is 1.86. The van der Waals surface area contributed by atoms with Crippen molar-refractivity contribution in [2.24, 2.45) is 0 Å². The molecule has 0 saturated carbocycles. The lowest BCUT2D eigenvalue weighted by Gasteiger charge is -2.25. The molecule has 5 nitrogen and oxygen atoms in total. The molecule has 1 aromatic rings. The molecule has 1 aromatic heterocycles. The number of hydrogen-bond donors (Lipinski definition) is 1. The van der Waals surface area contributed by atoms with Gasteiger partial charge in [0.2, 0.25) is 0 Å². The summed E-state index contributed by atoms with van der Waals surface area (Å²) in [5, 5.41) is 7.58. The van der Waals surface area contributed by atoms with Gasteiger partial charge in [-0.1, -0.05) is 5.16 Å². The first-order valence-corrected chi connectivity index (χ1v) is 5.81. The molecule has 1 saturated heterocycles. The third kappa shape index (κ3) is 1.75. The summed E-state index contributed by atoms with van der Waals surface area (Å²) >= 11 is 0. The lowest BCUT2D eigenvalue weighted by atomic mass is 10.0. The fourth-order valence-corrected chi connectivity index (χ4v) is 2.38. The Kier molecular flexibility index (Phi) is 2.67. The Morgan fingerprint density at radius 3 is 3.25 bits per heavy atom. The van der Waals surface area contributed by atoms with Crippen molar-refractivity contribution >= 4 is 0 Å². The largest absolute Gasteiger partial charge is 0.378 e. The van der Waals surface area contributed by atoms with Gasteiger partial charge in [-0.05, 0) is 7.05 Å². The molecule has 0 amide bonds. The smallest absolute Gasteiger partial charge is 0.160 e. The van der Waals surface area contributed by atoms with Gasteiger partial charge in [-0.15, -0.1) is 0 Å². The number of fused-ring (bicyclic) bond motifs is 1. The van der Waals surface area contributed by atoms with E-state index in [-0.39, 0.29) is 6.04 Å². The van der Waals surface area contributed by atoms with E-state index >= 15 is 0 Å². The summed E-state index contributed by atoms with van der Waals surface area (Å²) in [5.41, 5.74) is 2.39. The van der Waals surface area contributed by atoms with Crippen LogP contribution in [-0.4, -0.2) is 43.4 Å². The van der Waals surface area contributed by atoms with E-state index in [0.29, 0.717) is 6.61 Å². The predicted octanol–water partition coefficient (Wildman–Crippen LogP) is 0.323. The van der Waals surface area contributed by atoms with Crippen molar-refractivity contribution in [3.8, 4) is 0 Å². The molecular weight excluding hydrogens is 206 g/mol. The summed E-state index contributed by atoms with van der Waals surface area (Å²) in [5.74, 6) is 0.973. The highest BCUT2D eigenvalue weighted by molar-refractivity contribution is 5.27. The van der Waals surface area contributed by atoms with E-state index in [1.54, 1.807) is 0 Å². The van der Waals surface area contributed by atoms with Gasteiger partial charge in [0, 0.05) is 31.6 Å². The molecule has 0 bridgehead atoms. The quantitative estimate of drug-likeness (QED) is 0.743. The molecule has 0 aliphatic carbocycles. The molecule has 3 heterocycles. The second-order valence-corrected chi connectivity index (χ2v) is 4.54. The highest BCUT2D eigenvalue weighted by atomic mass is 16.5. The van der Waals surface area contributed by atoms with E-state index in [2.05, 4.69) is 22.4 Å². The zero-order valence-corrected chi connectivity index (χ0v) is 9.53. The summed E-state index contributed by atoms with van der Waals surface area (Å²) in [6.45, 7) is 4.36. The van der Waals surface area contributed by atoms with Gasteiger partial charge >= 0.3 is 0 Å². The number of aromatic nitrogens is 1. The predicted molar refractivity (Wildman–Crippen MR) is 58.1 cm³/mol. The number of nitrogens with one attached hydrogen (secondary N) is 1. The number of nitrogens with zero attached hydrogens (tertiary/aromatic N) is 2. The third-order valence-electron chi connectivity index (χ3n) is 3.30. The molecular formula is C11H17N3O2. The molecule has 1 atom stereocenters. The minimum Gasteiger partial charge on any atom is -0.378 e. The Labute approximate surface area is 94.7 Å². The van der Waals surface area contributed by atoms with Crippen LogP contribution in [0, 0.1) is 0 Å². The van der Waals surface area contributed by atoms with Gasteiger partial charge in [-0.25, -0.2) is 0 Å². The number of rotatable bonds is 1. The van der Waals surface area contributed by atoms with Gasteiger partial charge in [0.15, 0.2) is 5.76 Å². The average Bonchev–Trinajstić information content (AvgIpc) is 2.73. The first-order chi connectivity index (χ1) is 7.84. The van der Waals surface area contributed by atoms with Crippen LogP contribution in [0.2, 0.25) is 0 Å². The summed E-state index contributed by atoms with van der Waals surface area (Å²) < 4.78 is 10.9. The average molecular weight is 223 g/mol. The number of morpholine rings is 1. The lowest BCUT2D eigenvalue weighted by Crippen LogP contribution is -2.35. The Morgan fingerprint density at radius 2 is 2.44 bits per heavy atom.